The van der Waals surface area contributed by atoms with Gasteiger partial charge < -0.3 is 11.5 Å². The van der Waals surface area contributed by atoms with Gasteiger partial charge in [0.15, 0.2) is 7.85 Å². The Balaban J connectivity index is 1.96. The first kappa shape index (κ1) is 17.5. The van der Waals surface area contributed by atoms with E-state index >= 15 is 0 Å². The normalized spacial score (nSPS) is 24.1. The summed E-state index contributed by atoms with van der Waals surface area (Å²) in [6, 6.07) is 5.43. The Labute approximate surface area is 153 Å². The van der Waals surface area contributed by atoms with Gasteiger partial charge in [0.2, 0.25) is 0 Å². The van der Waals surface area contributed by atoms with Crippen molar-refractivity contribution in [2.75, 3.05) is 5.73 Å². The minimum absolute atomic E-state index is 0.0718. The van der Waals surface area contributed by atoms with Gasteiger partial charge in [-0.25, -0.2) is 4.98 Å². The molecule has 0 saturated heterocycles. The first-order chi connectivity index (χ1) is 11.3. The van der Waals surface area contributed by atoms with Crippen LogP contribution in [0.25, 0.3) is 11.3 Å². The lowest BCUT2D eigenvalue weighted by Crippen LogP contribution is -2.40. The second kappa shape index (κ2) is 6.55. The molecule has 2 aromatic rings. The summed E-state index contributed by atoms with van der Waals surface area (Å²) in [5, 5.41) is 0.926. The Morgan fingerprint density at radius 3 is 2.54 bits per heavy atom. The number of benzene rings is 1. The SMILES string of the molecule is Bc1nc(-c2cccc(Cl)c2Cl)c(N)nc1C1CCC(C)(N)CC1. The van der Waals surface area contributed by atoms with E-state index in [1.807, 2.05) is 20.0 Å². The summed E-state index contributed by atoms with van der Waals surface area (Å²) in [4.78, 5) is 9.36. The molecule has 0 atom stereocenters. The van der Waals surface area contributed by atoms with Crippen molar-refractivity contribution in [3.63, 3.8) is 0 Å². The fourth-order valence-electron chi connectivity index (χ4n) is 3.37. The smallest absolute Gasteiger partial charge is 0.166 e. The molecule has 7 heteroatoms. The second-order valence-electron chi connectivity index (χ2n) is 6.96. The van der Waals surface area contributed by atoms with Crippen LogP contribution in [0.15, 0.2) is 18.2 Å². The van der Waals surface area contributed by atoms with Crippen LogP contribution in [-0.4, -0.2) is 23.4 Å². The Bertz CT molecular complexity index is 769. The fourth-order valence-corrected chi connectivity index (χ4v) is 3.76. The predicted molar refractivity (Wildman–Crippen MR) is 104 cm³/mol. The molecule has 0 aliphatic heterocycles. The van der Waals surface area contributed by atoms with Gasteiger partial charge in [0.25, 0.3) is 0 Å². The lowest BCUT2D eigenvalue weighted by molar-refractivity contribution is 0.293. The van der Waals surface area contributed by atoms with Gasteiger partial charge in [-0.1, -0.05) is 35.3 Å². The molecule has 24 heavy (non-hydrogen) atoms. The molecule has 1 aromatic heterocycles. The van der Waals surface area contributed by atoms with Crippen molar-refractivity contribution >= 4 is 42.5 Å². The molecule has 126 valence electrons. The molecule has 0 amide bonds. The molecule has 1 aliphatic carbocycles. The van der Waals surface area contributed by atoms with Crippen molar-refractivity contribution in [3.8, 4) is 11.3 Å². The number of nitrogens with zero attached hydrogens (tertiary/aromatic N) is 2. The van der Waals surface area contributed by atoms with E-state index in [-0.39, 0.29) is 5.54 Å². The lowest BCUT2D eigenvalue weighted by atomic mass is 9.75. The van der Waals surface area contributed by atoms with Crippen LogP contribution in [0.4, 0.5) is 5.82 Å². The molecule has 1 saturated carbocycles. The van der Waals surface area contributed by atoms with Gasteiger partial charge in [-0.15, -0.1) is 0 Å². The molecular formula is C17H21BCl2N4. The second-order valence-corrected chi connectivity index (χ2v) is 7.74. The third-order valence-electron chi connectivity index (χ3n) is 4.85. The van der Waals surface area contributed by atoms with Crippen molar-refractivity contribution in [3.05, 3.63) is 33.9 Å². The zero-order chi connectivity index (χ0) is 17.5. The van der Waals surface area contributed by atoms with Gasteiger partial charge in [0.1, 0.15) is 11.5 Å². The molecule has 1 fully saturated rings. The van der Waals surface area contributed by atoms with Crippen LogP contribution in [-0.2, 0) is 0 Å². The van der Waals surface area contributed by atoms with E-state index in [9.17, 15) is 0 Å². The molecule has 1 heterocycles. The monoisotopic (exact) mass is 362 g/mol. The van der Waals surface area contributed by atoms with Crippen molar-refractivity contribution < 1.29 is 0 Å². The average Bonchev–Trinajstić information content (AvgIpc) is 2.52. The van der Waals surface area contributed by atoms with Crippen molar-refractivity contribution in [2.45, 2.75) is 44.1 Å². The highest BCUT2D eigenvalue weighted by molar-refractivity contribution is 6.43. The van der Waals surface area contributed by atoms with Crippen LogP contribution < -0.4 is 17.1 Å². The van der Waals surface area contributed by atoms with Crippen molar-refractivity contribution in [2.24, 2.45) is 5.73 Å². The summed E-state index contributed by atoms with van der Waals surface area (Å²) in [7, 11) is 1.97. The summed E-state index contributed by atoms with van der Waals surface area (Å²) in [5.41, 5.74) is 15.5. The number of nitrogens with two attached hydrogens (primary N) is 2. The van der Waals surface area contributed by atoms with Crippen LogP contribution in [0, 0.1) is 0 Å². The third-order valence-corrected chi connectivity index (χ3v) is 5.67. The quantitative estimate of drug-likeness (QED) is 0.805. The number of hydrogen-bond acceptors (Lipinski definition) is 4. The maximum atomic E-state index is 6.30. The molecule has 0 unspecified atom stereocenters. The average molecular weight is 363 g/mol. The Morgan fingerprint density at radius 1 is 1.21 bits per heavy atom. The highest BCUT2D eigenvalue weighted by Gasteiger charge is 2.30. The van der Waals surface area contributed by atoms with Gasteiger partial charge in [-0.3, -0.25) is 4.98 Å². The maximum absolute atomic E-state index is 6.30. The molecule has 1 aromatic carbocycles. The standard InChI is InChI=1S/C17H21BCl2N4/c1-17(22)7-5-9(6-8-17)13-15(18)23-14(16(21)24-13)10-3-2-4-11(19)12(10)20/h2-4,9H,5-8,18,22H2,1H3,(H2,21,24). The van der Waals surface area contributed by atoms with E-state index in [1.54, 1.807) is 6.07 Å². The molecular weight excluding hydrogens is 342 g/mol. The highest BCUT2D eigenvalue weighted by Crippen LogP contribution is 2.37. The van der Waals surface area contributed by atoms with E-state index in [2.05, 4.69) is 11.9 Å². The van der Waals surface area contributed by atoms with Gasteiger partial charge in [-0.05, 0) is 38.7 Å². The summed E-state index contributed by atoms with van der Waals surface area (Å²) in [5.74, 6) is 0.751. The topological polar surface area (TPSA) is 77.8 Å². The van der Waals surface area contributed by atoms with Gasteiger partial charge in [-0.2, -0.15) is 0 Å². The summed E-state index contributed by atoms with van der Waals surface area (Å²) in [6.45, 7) is 2.11. The van der Waals surface area contributed by atoms with E-state index in [1.165, 1.54) is 0 Å². The maximum Gasteiger partial charge on any atom is 0.166 e. The predicted octanol–water partition coefficient (Wildman–Crippen LogP) is 2.67. The molecule has 3 rings (SSSR count). The number of aromatic nitrogens is 2. The molecule has 0 bridgehead atoms. The Hall–Kier alpha value is -1.30. The lowest BCUT2D eigenvalue weighted by Gasteiger charge is -2.34. The molecule has 4 N–H and O–H groups in total. The van der Waals surface area contributed by atoms with E-state index in [0.717, 1.165) is 37.0 Å². The van der Waals surface area contributed by atoms with E-state index < -0.39 is 0 Å². The summed E-state index contributed by atoms with van der Waals surface area (Å²) < 4.78 is 0. The zero-order valence-corrected chi connectivity index (χ0v) is 15.5. The summed E-state index contributed by atoms with van der Waals surface area (Å²) >= 11 is 12.4. The van der Waals surface area contributed by atoms with Crippen LogP contribution in [0.1, 0.15) is 44.2 Å². The van der Waals surface area contributed by atoms with Crippen molar-refractivity contribution in [1.82, 2.24) is 9.97 Å². The van der Waals surface area contributed by atoms with E-state index in [0.29, 0.717) is 33.0 Å². The van der Waals surface area contributed by atoms with Crippen LogP contribution in [0.5, 0.6) is 0 Å². The third kappa shape index (κ3) is 3.39. The molecule has 1 aliphatic rings. The van der Waals surface area contributed by atoms with Gasteiger partial charge in [0, 0.05) is 22.6 Å². The number of halogens is 2. The van der Waals surface area contributed by atoms with Gasteiger partial charge in [0.05, 0.1) is 15.7 Å². The zero-order valence-electron chi connectivity index (χ0n) is 13.9. The van der Waals surface area contributed by atoms with Crippen molar-refractivity contribution in [1.29, 1.82) is 0 Å². The molecule has 4 nitrogen and oxygen atoms in total. The van der Waals surface area contributed by atoms with Gasteiger partial charge >= 0.3 is 0 Å². The first-order valence-corrected chi connectivity index (χ1v) is 8.91. The fraction of sp³-hybridized carbons (Fsp3) is 0.412. The minimum atomic E-state index is -0.0718. The highest BCUT2D eigenvalue weighted by atomic mass is 35.5. The number of hydrogen-bond donors (Lipinski definition) is 2. The molecule has 0 radical (unpaired) electrons. The molecule has 0 spiro atoms. The minimum Gasteiger partial charge on any atom is -0.382 e. The largest absolute Gasteiger partial charge is 0.382 e. The van der Waals surface area contributed by atoms with E-state index in [4.69, 9.17) is 39.7 Å². The number of nitrogen functional groups attached to an aromatic ring is 1. The Morgan fingerprint density at radius 2 is 1.88 bits per heavy atom. The first-order valence-electron chi connectivity index (χ1n) is 8.16. The van der Waals surface area contributed by atoms with Crippen LogP contribution in [0.3, 0.4) is 0 Å². The number of anilines is 1. The Kier molecular flexibility index (Phi) is 4.78. The van der Waals surface area contributed by atoms with Crippen LogP contribution >= 0.6 is 23.2 Å². The van der Waals surface area contributed by atoms with Crippen LogP contribution in [0.2, 0.25) is 10.0 Å². The number of rotatable bonds is 2. The summed E-state index contributed by atoms with van der Waals surface area (Å²) in [6.07, 6.45) is 4.00.